The van der Waals surface area contributed by atoms with Crippen LogP contribution in [0, 0.1) is 11.8 Å². The van der Waals surface area contributed by atoms with Crippen molar-refractivity contribution in [2.75, 3.05) is 13.2 Å². The Balaban J connectivity index is 1.66. The van der Waals surface area contributed by atoms with Crippen LogP contribution in [0.15, 0.2) is 58.4 Å². The minimum absolute atomic E-state index is 0.0431. The second-order valence-corrected chi connectivity index (χ2v) is 10.7. The first-order chi connectivity index (χ1) is 17.0. The third kappa shape index (κ3) is 6.29. The second kappa shape index (κ2) is 11.8. The lowest BCUT2D eigenvalue weighted by Crippen LogP contribution is -2.44. The Morgan fingerprint density at radius 1 is 1.09 bits per heavy atom. The summed E-state index contributed by atoms with van der Waals surface area (Å²) >= 11 is 1.47. The summed E-state index contributed by atoms with van der Waals surface area (Å²) in [7, 11) is 0. The average Bonchev–Trinajstić information content (AvgIpc) is 3.14. The second-order valence-electron chi connectivity index (χ2n) is 9.69. The van der Waals surface area contributed by atoms with Gasteiger partial charge in [-0.1, -0.05) is 57.9 Å². The van der Waals surface area contributed by atoms with E-state index >= 15 is 0 Å². The van der Waals surface area contributed by atoms with Gasteiger partial charge >= 0.3 is 0 Å². The normalized spacial score (nSPS) is 22.9. The van der Waals surface area contributed by atoms with E-state index in [1.807, 2.05) is 66.4 Å². The van der Waals surface area contributed by atoms with Crippen molar-refractivity contribution < 1.29 is 14.3 Å². The molecule has 2 aromatic carbocycles. The van der Waals surface area contributed by atoms with E-state index in [4.69, 9.17) is 14.5 Å². The molecule has 1 amide bonds. The SMILES string of the molecule is CCOc1cc(/C=C2\SC(=Nc3ccccc3)N([C@@H]3CCCC[C@@H]3C)C2=O)ccc1OCC(C)C. The molecule has 0 radical (unpaired) electrons. The monoisotopic (exact) mass is 492 g/mol. The molecule has 0 bridgehead atoms. The highest BCUT2D eigenvalue weighted by Crippen LogP contribution is 2.40. The zero-order valence-corrected chi connectivity index (χ0v) is 22.0. The number of amidine groups is 1. The highest BCUT2D eigenvalue weighted by atomic mass is 32.2. The first-order valence-electron chi connectivity index (χ1n) is 12.7. The van der Waals surface area contributed by atoms with Crippen LogP contribution in [0.5, 0.6) is 11.5 Å². The number of carbonyl (C=O) groups excluding carboxylic acids is 1. The first-order valence-corrected chi connectivity index (χ1v) is 13.5. The molecule has 0 N–H and O–H groups in total. The number of aliphatic imine (C=N–C) groups is 1. The van der Waals surface area contributed by atoms with Crippen LogP contribution in [-0.4, -0.2) is 35.2 Å². The van der Waals surface area contributed by atoms with Crippen LogP contribution < -0.4 is 9.47 Å². The van der Waals surface area contributed by atoms with Gasteiger partial charge < -0.3 is 9.47 Å². The molecule has 186 valence electrons. The topological polar surface area (TPSA) is 51.1 Å². The number of ether oxygens (including phenoxy) is 2. The number of hydrogen-bond donors (Lipinski definition) is 0. The summed E-state index contributed by atoms with van der Waals surface area (Å²) in [6.45, 7) is 9.64. The molecule has 0 unspecified atom stereocenters. The van der Waals surface area contributed by atoms with Gasteiger partial charge in [0.2, 0.25) is 0 Å². The number of para-hydroxylation sites is 1. The molecule has 0 aromatic heterocycles. The Hall–Kier alpha value is -2.73. The van der Waals surface area contributed by atoms with Crippen molar-refractivity contribution >= 4 is 34.6 Å². The third-order valence-electron chi connectivity index (χ3n) is 6.35. The molecular weight excluding hydrogens is 456 g/mol. The molecule has 2 aromatic rings. The Labute approximate surface area is 213 Å². The number of amides is 1. The van der Waals surface area contributed by atoms with E-state index in [1.165, 1.54) is 18.2 Å². The van der Waals surface area contributed by atoms with E-state index < -0.39 is 0 Å². The van der Waals surface area contributed by atoms with E-state index in [-0.39, 0.29) is 11.9 Å². The molecule has 6 heteroatoms. The fraction of sp³-hybridized carbons (Fsp3) is 0.448. The van der Waals surface area contributed by atoms with Gasteiger partial charge in [-0.2, -0.15) is 0 Å². The minimum Gasteiger partial charge on any atom is -0.490 e. The van der Waals surface area contributed by atoms with Crippen LogP contribution in [0.4, 0.5) is 5.69 Å². The van der Waals surface area contributed by atoms with Gasteiger partial charge in [0.15, 0.2) is 16.7 Å². The van der Waals surface area contributed by atoms with E-state index in [9.17, 15) is 4.79 Å². The van der Waals surface area contributed by atoms with Gasteiger partial charge in [-0.3, -0.25) is 9.69 Å². The van der Waals surface area contributed by atoms with Crippen LogP contribution in [0.1, 0.15) is 58.9 Å². The number of nitrogens with zero attached hydrogens (tertiary/aromatic N) is 2. The van der Waals surface area contributed by atoms with E-state index in [1.54, 1.807) is 0 Å². The Kier molecular flexibility index (Phi) is 8.55. The molecule has 0 spiro atoms. The zero-order valence-electron chi connectivity index (χ0n) is 21.2. The molecule has 4 rings (SSSR count). The lowest BCUT2D eigenvalue weighted by molar-refractivity contribution is -0.124. The number of hydrogen-bond acceptors (Lipinski definition) is 5. The summed E-state index contributed by atoms with van der Waals surface area (Å²) in [5, 5.41) is 0.771. The summed E-state index contributed by atoms with van der Waals surface area (Å²) in [4.78, 5) is 21.2. The standard InChI is InChI=1S/C29H36N2O3S/c1-5-33-26-17-22(15-16-25(26)34-19-20(2)3)18-27-28(32)31(24-14-10-9-11-21(24)4)29(35-27)30-23-12-7-6-8-13-23/h6-8,12-13,15-18,20-21,24H,5,9-11,14,19H2,1-4H3/b27-18-,30-29?/t21-,24+/m0/s1. The molecular formula is C29H36N2O3S. The van der Waals surface area contributed by atoms with E-state index in [2.05, 4.69) is 20.8 Å². The van der Waals surface area contributed by atoms with Crippen LogP contribution in [0.2, 0.25) is 0 Å². The van der Waals surface area contributed by atoms with Crippen LogP contribution in [0.25, 0.3) is 6.08 Å². The van der Waals surface area contributed by atoms with Gasteiger partial charge in [0.05, 0.1) is 23.8 Å². The summed E-state index contributed by atoms with van der Waals surface area (Å²) < 4.78 is 11.8. The fourth-order valence-corrected chi connectivity index (χ4v) is 5.61. The predicted octanol–water partition coefficient (Wildman–Crippen LogP) is 7.30. The fourth-order valence-electron chi connectivity index (χ4n) is 4.56. The molecule has 2 atom stereocenters. The largest absolute Gasteiger partial charge is 0.490 e. The predicted molar refractivity (Wildman–Crippen MR) is 145 cm³/mol. The van der Waals surface area contributed by atoms with Crippen molar-refractivity contribution in [2.45, 2.75) is 59.4 Å². The molecule has 1 heterocycles. The number of rotatable bonds is 8. The smallest absolute Gasteiger partial charge is 0.267 e. The van der Waals surface area contributed by atoms with Crippen LogP contribution >= 0.6 is 11.8 Å². The van der Waals surface area contributed by atoms with Gasteiger partial charge in [-0.15, -0.1) is 0 Å². The lowest BCUT2D eigenvalue weighted by Gasteiger charge is -2.35. The molecule has 5 nitrogen and oxygen atoms in total. The molecule has 1 aliphatic carbocycles. The minimum atomic E-state index is 0.0431. The average molecular weight is 493 g/mol. The van der Waals surface area contributed by atoms with Gasteiger partial charge in [0.25, 0.3) is 5.91 Å². The van der Waals surface area contributed by atoms with Gasteiger partial charge in [-0.05, 0) is 79.3 Å². The number of carbonyl (C=O) groups is 1. The van der Waals surface area contributed by atoms with Crippen LogP contribution in [0.3, 0.4) is 0 Å². The van der Waals surface area contributed by atoms with Gasteiger partial charge in [0, 0.05) is 6.04 Å². The summed E-state index contributed by atoms with van der Waals surface area (Å²) in [5.41, 5.74) is 1.78. The van der Waals surface area contributed by atoms with Gasteiger partial charge in [-0.25, -0.2) is 4.99 Å². The first kappa shape index (κ1) is 25.4. The van der Waals surface area contributed by atoms with Crippen molar-refractivity contribution in [3.8, 4) is 11.5 Å². The highest BCUT2D eigenvalue weighted by molar-refractivity contribution is 8.18. The zero-order chi connectivity index (χ0) is 24.8. The quantitative estimate of drug-likeness (QED) is 0.363. The Morgan fingerprint density at radius 2 is 1.86 bits per heavy atom. The summed E-state index contributed by atoms with van der Waals surface area (Å²) in [6, 6.07) is 15.9. The maximum Gasteiger partial charge on any atom is 0.267 e. The third-order valence-corrected chi connectivity index (χ3v) is 7.34. The van der Waals surface area contributed by atoms with E-state index in [0.717, 1.165) is 41.4 Å². The molecule has 1 saturated heterocycles. The van der Waals surface area contributed by atoms with Gasteiger partial charge in [0.1, 0.15) is 0 Å². The van der Waals surface area contributed by atoms with Crippen molar-refractivity contribution in [1.82, 2.24) is 4.90 Å². The molecule has 2 aliphatic rings. The number of thioether (sulfide) groups is 1. The molecule has 1 saturated carbocycles. The summed E-state index contributed by atoms with van der Waals surface area (Å²) in [5.74, 6) is 2.36. The Morgan fingerprint density at radius 3 is 2.57 bits per heavy atom. The van der Waals surface area contributed by atoms with E-state index in [0.29, 0.717) is 35.7 Å². The van der Waals surface area contributed by atoms with Crippen molar-refractivity contribution in [3.05, 3.63) is 59.0 Å². The Bertz CT molecular complexity index is 1080. The molecule has 1 aliphatic heterocycles. The maximum atomic E-state index is 13.7. The van der Waals surface area contributed by atoms with Crippen molar-refractivity contribution in [2.24, 2.45) is 16.8 Å². The van der Waals surface area contributed by atoms with Crippen LogP contribution in [-0.2, 0) is 4.79 Å². The van der Waals surface area contributed by atoms with Crippen molar-refractivity contribution in [1.29, 1.82) is 0 Å². The molecule has 35 heavy (non-hydrogen) atoms. The lowest BCUT2D eigenvalue weighted by atomic mass is 9.85. The highest BCUT2D eigenvalue weighted by Gasteiger charge is 2.41. The number of benzene rings is 2. The molecule has 2 fully saturated rings. The summed E-state index contributed by atoms with van der Waals surface area (Å²) in [6.07, 6.45) is 6.50. The van der Waals surface area contributed by atoms with Crippen molar-refractivity contribution in [3.63, 3.8) is 0 Å². The maximum absolute atomic E-state index is 13.7.